The zero-order chi connectivity index (χ0) is 16.2. The Morgan fingerprint density at radius 1 is 1.27 bits per heavy atom. The van der Waals surface area contributed by atoms with E-state index in [0.717, 1.165) is 31.7 Å². The van der Waals surface area contributed by atoms with E-state index in [9.17, 15) is 9.50 Å². The molecule has 0 aromatic heterocycles. The fraction of sp³-hybridized carbons (Fsp3) is 0.667. The van der Waals surface area contributed by atoms with Crippen LogP contribution in [0.5, 0.6) is 0 Å². The summed E-state index contributed by atoms with van der Waals surface area (Å²) in [6, 6.07) is 6.17. The van der Waals surface area contributed by atoms with Crippen LogP contribution in [-0.2, 0) is 0 Å². The summed E-state index contributed by atoms with van der Waals surface area (Å²) in [5, 5.41) is 13.9. The summed E-state index contributed by atoms with van der Waals surface area (Å²) in [6.07, 6.45) is 0.603. The summed E-state index contributed by atoms with van der Waals surface area (Å²) >= 11 is 0. The normalized spacial score (nSPS) is 23.4. The van der Waals surface area contributed by atoms with Crippen molar-refractivity contribution in [1.29, 1.82) is 0 Å². The van der Waals surface area contributed by atoms with Gasteiger partial charge in [0.2, 0.25) is 0 Å². The van der Waals surface area contributed by atoms with E-state index in [0.29, 0.717) is 12.5 Å². The van der Waals surface area contributed by atoms with Crippen molar-refractivity contribution in [3.8, 4) is 0 Å². The van der Waals surface area contributed by atoms with Crippen LogP contribution in [0, 0.1) is 17.2 Å². The fourth-order valence-electron chi connectivity index (χ4n) is 3.30. The quantitative estimate of drug-likeness (QED) is 0.813. The van der Waals surface area contributed by atoms with Crippen LogP contribution in [0.1, 0.15) is 38.9 Å². The lowest BCUT2D eigenvalue weighted by molar-refractivity contribution is 0.0804. The maximum atomic E-state index is 13.0. The van der Waals surface area contributed by atoms with E-state index in [1.54, 1.807) is 12.1 Å². The van der Waals surface area contributed by atoms with Gasteiger partial charge < -0.3 is 10.4 Å². The van der Waals surface area contributed by atoms with Crippen LogP contribution in [-0.4, -0.2) is 42.7 Å². The average Bonchev–Trinajstić information content (AvgIpc) is 2.85. The summed E-state index contributed by atoms with van der Waals surface area (Å²) in [4.78, 5) is 2.35. The second kappa shape index (κ2) is 7.53. The van der Waals surface area contributed by atoms with E-state index in [1.807, 2.05) is 0 Å². The molecule has 0 bridgehead atoms. The van der Waals surface area contributed by atoms with Crippen LogP contribution in [0.25, 0.3) is 0 Å². The molecular weight excluding hydrogens is 279 g/mol. The highest BCUT2D eigenvalue weighted by Gasteiger charge is 2.31. The Morgan fingerprint density at radius 2 is 1.95 bits per heavy atom. The molecule has 22 heavy (non-hydrogen) atoms. The van der Waals surface area contributed by atoms with Crippen LogP contribution in [0.4, 0.5) is 4.39 Å². The molecule has 2 N–H and O–H groups in total. The van der Waals surface area contributed by atoms with Crippen LogP contribution >= 0.6 is 0 Å². The van der Waals surface area contributed by atoms with Crippen molar-refractivity contribution in [2.45, 2.75) is 33.3 Å². The SMILES string of the molecule is CC(C)CN(CC(O)c1ccc(F)cc1)CC1(C)CCNC1. The van der Waals surface area contributed by atoms with Gasteiger partial charge in [-0.15, -0.1) is 0 Å². The van der Waals surface area contributed by atoms with Gasteiger partial charge in [0.05, 0.1) is 6.10 Å². The molecule has 0 aliphatic carbocycles. The first kappa shape index (κ1) is 17.4. The standard InChI is InChI=1S/C18H29FN2O/c1-14(2)10-21(13-18(3)8-9-20-12-18)11-17(22)15-4-6-16(19)7-5-15/h4-7,14,17,20,22H,8-13H2,1-3H3. The number of aliphatic hydroxyl groups excluding tert-OH is 1. The molecule has 0 amide bonds. The van der Waals surface area contributed by atoms with E-state index in [4.69, 9.17) is 0 Å². The third kappa shape index (κ3) is 5.04. The number of nitrogens with zero attached hydrogens (tertiary/aromatic N) is 1. The van der Waals surface area contributed by atoms with Crippen LogP contribution in [0.3, 0.4) is 0 Å². The van der Waals surface area contributed by atoms with Crippen molar-refractivity contribution >= 4 is 0 Å². The van der Waals surface area contributed by atoms with E-state index in [-0.39, 0.29) is 11.2 Å². The van der Waals surface area contributed by atoms with Gasteiger partial charge in [0, 0.05) is 26.2 Å². The zero-order valence-electron chi connectivity index (χ0n) is 14.0. The van der Waals surface area contributed by atoms with E-state index >= 15 is 0 Å². The Balaban J connectivity index is 2.00. The van der Waals surface area contributed by atoms with Crippen molar-refractivity contribution in [2.24, 2.45) is 11.3 Å². The average molecular weight is 308 g/mol. The molecule has 1 aromatic carbocycles. The van der Waals surface area contributed by atoms with E-state index in [1.165, 1.54) is 18.6 Å². The minimum atomic E-state index is -0.572. The number of benzene rings is 1. The lowest BCUT2D eigenvalue weighted by atomic mass is 9.88. The predicted molar refractivity (Wildman–Crippen MR) is 88.2 cm³/mol. The maximum Gasteiger partial charge on any atom is 0.123 e. The van der Waals surface area contributed by atoms with Gasteiger partial charge in [0.1, 0.15) is 5.82 Å². The molecule has 1 heterocycles. The zero-order valence-corrected chi connectivity index (χ0v) is 14.0. The largest absolute Gasteiger partial charge is 0.387 e. The highest BCUT2D eigenvalue weighted by Crippen LogP contribution is 2.27. The van der Waals surface area contributed by atoms with Gasteiger partial charge in [-0.3, -0.25) is 4.90 Å². The molecule has 1 aliphatic rings. The highest BCUT2D eigenvalue weighted by atomic mass is 19.1. The van der Waals surface area contributed by atoms with Crippen molar-refractivity contribution in [3.63, 3.8) is 0 Å². The van der Waals surface area contributed by atoms with Crippen molar-refractivity contribution in [3.05, 3.63) is 35.6 Å². The molecule has 124 valence electrons. The highest BCUT2D eigenvalue weighted by molar-refractivity contribution is 5.18. The number of hydrogen-bond donors (Lipinski definition) is 2. The molecule has 0 spiro atoms. The second-order valence-corrected chi connectivity index (χ2v) is 7.39. The van der Waals surface area contributed by atoms with Crippen molar-refractivity contribution < 1.29 is 9.50 Å². The van der Waals surface area contributed by atoms with Crippen molar-refractivity contribution in [1.82, 2.24) is 10.2 Å². The molecule has 1 fully saturated rings. The Bertz CT molecular complexity index is 455. The summed E-state index contributed by atoms with van der Waals surface area (Å²) in [5.41, 5.74) is 1.06. The molecule has 3 nitrogen and oxygen atoms in total. The summed E-state index contributed by atoms with van der Waals surface area (Å²) < 4.78 is 13.0. The van der Waals surface area contributed by atoms with Crippen LogP contribution < -0.4 is 5.32 Å². The first-order valence-corrected chi connectivity index (χ1v) is 8.24. The van der Waals surface area contributed by atoms with Crippen LogP contribution in [0.2, 0.25) is 0 Å². The van der Waals surface area contributed by atoms with Gasteiger partial charge in [-0.25, -0.2) is 4.39 Å². The molecular formula is C18H29FN2O. The minimum absolute atomic E-state index is 0.264. The first-order chi connectivity index (χ1) is 10.4. The molecule has 1 saturated heterocycles. The number of rotatable bonds is 7. The second-order valence-electron chi connectivity index (χ2n) is 7.39. The number of hydrogen-bond acceptors (Lipinski definition) is 3. The lowest BCUT2D eigenvalue weighted by Gasteiger charge is -2.34. The van der Waals surface area contributed by atoms with Gasteiger partial charge in [-0.1, -0.05) is 32.9 Å². The van der Waals surface area contributed by atoms with Gasteiger partial charge in [-0.2, -0.15) is 0 Å². The molecule has 0 radical (unpaired) electrons. The Hall–Kier alpha value is -0.970. The van der Waals surface area contributed by atoms with Gasteiger partial charge in [0.25, 0.3) is 0 Å². The third-order valence-corrected chi connectivity index (χ3v) is 4.37. The lowest BCUT2D eigenvalue weighted by Crippen LogP contribution is -2.41. The first-order valence-electron chi connectivity index (χ1n) is 8.24. The van der Waals surface area contributed by atoms with Crippen LogP contribution in [0.15, 0.2) is 24.3 Å². The van der Waals surface area contributed by atoms with E-state index in [2.05, 4.69) is 31.0 Å². The monoisotopic (exact) mass is 308 g/mol. The van der Waals surface area contributed by atoms with Crippen molar-refractivity contribution in [2.75, 3.05) is 32.7 Å². The molecule has 2 rings (SSSR count). The number of aliphatic hydroxyl groups is 1. The number of nitrogens with one attached hydrogen (secondary N) is 1. The molecule has 2 atom stereocenters. The summed E-state index contributed by atoms with van der Waals surface area (Å²) in [6.45, 7) is 11.4. The maximum absolute atomic E-state index is 13.0. The molecule has 1 aromatic rings. The smallest absolute Gasteiger partial charge is 0.123 e. The third-order valence-electron chi connectivity index (χ3n) is 4.37. The number of halogens is 1. The Morgan fingerprint density at radius 3 is 2.50 bits per heavy atom. The summed E-state index contributed by atoms with van der Waals surface area (Å²) in [7, 11) is 0. The minimum Gasteiger partial charge on any atom is -0.387 e. The Labute approximate surface area is 133 Å². The molecule has 4 heteroatoms. The fourth-order valence-corrected chi connectivity index (χ4v) is 3.30. The molecule has 0 saturated carbocycles. The summed E-state index contributed by atoms with van der Waals surface area (Å²) in [5.74, 6) is 0.290. The van der Waals surface area contributed by atoms with Gasteiger partial charge in [-0.05, 0) is 42.0 Å². The van der Waals surface area contributed by atoms with Gasteiger partial charge in [0.15, 0.2) is 0 Å². The molecule has 2 unspecified atom stereocenters. The Kier molecular flexibility index (Phi) is 5.95. The topological polar surface area (TPSA) is 35.5 Å². The predicted octanol–water partition coefficient (Wildman–Crippen LogP) is 2.82. The van der Waals surface area contributed by atoms with E-state index < -0.39 is 6.10 Å². The van der Waals surface area contributed by atoms with Gasteiger partial charge >= 0.3 is 0 Å². The molecule has 1 aliphatic heterocycles.